The minimum atomic E-state index is 0.842. The Hall–Kier alpha value is -0.280. The van der Waals surface area contributed by atoms with Gasteiger partial charge in [0.25, 0.3) is 0 Å². The molecule has 2 N–H and O–H groups in total. The van der Waals surface area contributed by atoms with Gasteiger partial charge in [0.15, 0.2) is 0 Å². The molecule has 0 amide bonds. The molecule has 1 rings (SSSR count). The van der Waals surface area contributed by atoms with Gasteiger partial charge in [-0.2, -0.15) is 0 Å². The summed E-state index contributed by atoms with van der Waals surface area (Å²) in [5.74, 6) is 1.04. The van der Waals surface area contributed by atoms with E-state index in [0.717, 1.165) is 21.2 Å². The van der Waals surface area contributed by atoms with Gasteiger partial charge in [0.2, 0.25) is 0 Å². The van der Waals surface area contributed by atoms with Crippen LogP contribution in [0.4, 0.5) is 5.69 Å². The Morgan fingerprint density at radius 2 is 2.27 bits per heavy atom. The zero-order valence-corrected chi connectivity index (χ0v) is 8.08. The average molecular weight is 185 g/mol. The molecule has 0 fully saturated rings. The molecular formula is C8H11NS2. The number of nitrogen functional groups attached to an aromatic ring is 1. The lowest BCUT2D eigenvalue weighted by Crippen LogP contribution is -1.87. The van der Waals surface area contributed by atoms with Crippen molar-refractivity contribution in [2.24, 2.45) is 0 Å². The van der Waals surface area contributed by atoms with Crippen molar-refractivity contribution < 1.29 is 0 Å². The van der Waals surface area contributed by atoms with Crippen LogP contribution in [-0.4, -0.2) is 5.75 Å². The highest BCUT2D eigenvalue weighted by Gasteiger charge is 1.97. The third-order valence-corrected chi connectivity index (χ3v) is 2.53. The van der Waals surface area contributed by atoms with Crippen molar-refractivity contribution in [3.05, 3.63) is 18.2 Å². The van der Waals surface area contributed by atoms with Crippen molar-refractivity contribution in [1.82, 2.24) is 0 Å². The van der Waals surface area contributed by atoms with Crippen LogP contribution in [-0.2, 0) is 0 Å². The Morgan fingerprint density at radius 3 is 2.91 bits per heavy atom. The predicted molar refractivity (Wildman–Crippen MR) is 54.5 cm³/mol. The third-order valence-electron chi connectivity index (χ3n) is 1.30. The molecule has 0 saturated heterocycles. The highest BCUT2D eigenvalue weighted by Crippen LogP contribution is 2.26. The molecule has 0 spiro atoms. The van der Waals surface area contributed by atoms with Crippen molar-refractivity contribution in [2.75, 3.05) is 11.5 Å². The molecule has 11 heavy (non-hydrogen) atoms. The van der Waals surface area contributed by atoms with Gasteiger partial charge >= 0.3 is 0 Å². The number of nitrogens with two attached hydrogens (primary N) is 1. The Balaban J connectivity index is 2.93. The largest absolute Gasteiger partial charge is 0.398 e. The first-order valence-corrected chi connectivity index (χ1v) is 4.88. The lowest BCUT2D eigenvalue weighted by Gasteiger charge is -2.03. The summed E-state index contributed by atoms with van der Waals surface area (Å²) in [6, 6.07) is 5.78. The van der Waals surface area contributed by atoms with Crippen LogP contribution in [0.2, 0.25) is 0 Å². The van der Waals surface area contributed by atoms with Crippen LogP contribution in [0.15, 0.2) is 28.0 Å². The lowest BCUT2D eigenvalue weighted by molar-refractivity contribution is 1.34. The SMILES string of the molecule is CCSc1cc(S)ccc1N. The summed E-state index contributed by atoms with van der Waals surface area (Å²) >= 11 is 5.97. The van der Waals surface area contributed by atoms with Crippen molar-refractivity contribution in [3.8, 4) is 0 Å². The van der Waals surface area contributed by atoms with E-state index in [9.17, 15) is 0 Å². The van der Waals surface area contributed by atoms with E-state index in [4.69, 9.17) is 5.73 Å². The van der Waals surface area contributed by atoms with Gasteiger partial charge in [0, 0.05) is 15.5 Å². The number of thioether (sulfide) groups is 1. The van der Waals surface area contributed by atoms with E-state index < -0.39 is 0 Å². The summed E-state index contributed by atoms with van der Waals surface area (Å²) in [6.45, 7) is 2.11. The van der Waals surface area contributed by atoms with Gasteiger partial charge in [0.05, 0.1) is 0 Å². The third kappa shape index (κ3) is 2.34. The molecule has 0 saturated carbocycles. The van der Waals surface area contributed by atoms with Gasteiger partial charge in [-0.15, -0.1) is 24.4 Å². The highest BCUT2D eigenvalue weighted by atomic mass is 32.2. The molecule has 0 aliphatic heterocycles. The van der Waals surface area contributed by atoms with Crippen molar-refractivity contribution in [2.45, 2.75) is 16.7 Å². The number of hydrogen-bond acceptors (Lipinski definition) is 3. The molecule has 1 aromatic rings. The Kier molecular flexibility index (Phi) is 3.15. The average Bonchev–Trinajstić information content (AvgIpc) is 1.98. The molecule has 0 heterocycles. The Labute approximate surface area is 76.8 Å². The van der Waals surface area contributed by atoms with Crippen LogP contribution in [0.25, 0.3) is 0 Å². The molecular weight excluding hydrogens is 174 g/mol. The molecule has 0 aliphatic carbocycles. The molecule has 0 atom stereocenters. The summed E-state index contributed by atoms with van der Waals surface area (Å²) < 4.78 is 0. The molecule has 1 aromatic carbocycles. The number of thiol groups is 1. The normalized spacial score (nSPS) is 10.0. The maximum atomic E-state index is 5.72. The van der Waals surface area contributed by atoms with Crippen LogP contribution in [0.5, 0.6) is 0 Å². The summed E-state index contributed by atoms with van der Waals surface area (Å²) in [5, 5.41) is 0. The number of hydrogen-bond donors (Lipinski definition) is 2. The molecule has 0 radical (unpaired) electrons. The first-order chi connectivity index (χ1) is 5.24. The van der Waals surface area contributed by atoms with Crippen molar-refractivity contribution >= 4 is 30.1 Å². The minimum Gasteiger partial charge on any atom is -0.398 e. The van der Waals surface area contributed by atoms with Gasteiger partial charge in [0.1, 0.15) is 0 Å². The maximum absolute atomic E-state index is 5.72. The first-order valence-electron chi connectivity index (χ1n) is 3.45. The second-order valence-electron chi connectivity index (χ2n) is 2.16. The van der Waals surface area contributed by atoms with Crippen molar-refractivity contribution in [3.63, 3.8) is 0 Å². The topological polar surface area (TPSA) is 26.0 Å². The van der Waals surface area contributed by atoms with Gasteiger partial charge in [-0.1, -0.05) is 6.92 Å². The second kappa shape index (κ2) is 3.93. The first kappa shape index (κ1) is 8.81. The van der Waals surface area contributed by atoms with E-state index in [-0.39, 0.29) is 0 Å². The van der Waals surface area contributed by atoms with E-state index in [1.807, 2.05) is 18.2 Å². The van der Waals surface area contributed by atoms with Crippen LogP contribution in [0.1, 0.15) is 6.92 Å². The zero-order valence-electron chi connectivity index (χ0n) is 6.37. The fourth-order valence-electron chi connectivity index (χ4n) is 0.804. The predicted octanol–water partition coefficient (Wildman–Crippen LogP) is 2.67. The van der Waals surface area contributed by atoms with Gasteiger partial charge in [-0.05, 0) is 24.0 Å². The summed E-state index contributed by atoms with van der Waals surface area (Å²) in [7, 11) is 0. The monoisotopic (exact) mass is 185 g/mol. The quantitative estimate of drug-likeness (QED) is 0.421. The van der Waals surface area contributed by atoms with Gasteiger partial charge in [-0.3, -0.25) is 0 Å². The smallest absolute Gasteiger partial charge is 0.0453 e. The Bertz CT molecular complexity index is 248. The number of anilines is 1. The van der Waals surface area contributed by atoms with Crippen molar-refractivity contribution in [1.29, 1.82) is 0 Å². The summed E-state index contributed by atoms with van der Waals surface area (Å²) in [6.07, 6.45) is 0. The highest BCUT2D eigenvalue weighted by molar-refractivity contribution is 7.99. The fourth-order valence-corrected chi connectivity index (χ4v) is 1.85. The van der Waals surface area contributed by atoms with Crippen LogP contribution >= 0.6 is 24.4 Å². The maximum Gasteiger partial charge on any atom is 0.0453 e. The van der Waals surface area contributed by atoms with Crippen LogP contribution in [0.3, 0.4) is 0 Å². The van der Waals surface area contributed by atoms with Crippen LogP contribution < -0.4 is 5.73 Å². The zero-order chi connectivity index (χ0) is 8.27. The molecule has 0 aromatic heterocycles. The van der Waals surface area contributed by atoms with E-state index in [0.29, 0.717) is 0 Å². The molecule has 0 unspecified atom stereocenters. The Morgan fingerprint density at radius 1 is 1.55 bits per heavy atom. The van der Waals surface area contributed by atoms with Gasteiger partial charge < -0.3 is 5.73 Å². The summed E-state index contributed by atoms with van der Waals surface area (Å²) in [5.41, 5.74) is 6.56. The second-order valence-corrected chi connectivity index (χ2v) is 3.98. The fraction of sp³-hybridized carbons (Fsp3) is 0.250. The van der Waals surface area contributed by atoms with E-state index >= 15 is 0 Å². The molecule has 1 nitrogen and oxygen atoms in total. The standard InChI is InChI=1S/C8H11NS2/c1-2-11-8-5-6(10)3-4-7(8)9/h3-5,10H,2,9H2,1H3. The molecule has 60 valence electrons. The number of benzene rings is 1. The van der Waals surface area contributed by atoms with E-state index in [1.165, 1.54) is 0 Å². The molecule has 3 heteroatoms. The van der Waals surface area contributed by atoms with Crippen LogP contribution in [0, 0.1) is 0 Å². The number of rotatable bonds is 2. The minimum absolute atomic E-state index is 0.842. The van der Waals surface area contributed by atoms with E-state index in [1.54, 1.807) is 11.8 Å². The summed E-state index contributed by atoms with van der Waals surface area (Å²) in [4.78, 5) is 2.09. The molecule has 0 aliphatic rings. The van der Waals surface area contributed by atoms with E-state index in [2.05, 4.69) is 19.6 Å². The lowest BCUT2D eigenvalue weighted by atomic mass is 10.3. The molecule has 0 bridgehead atoms. The van der Waals surface area contributed by atoms with Gasteiger partial charge in [-0.25, -0.2) is 0 Å².